The minimum absolute atomic E-state index is 0.0743. The molecule has 1 saturated carbocycles. The predicted molar refractivity (Wildman–Crippen MR) is 139 cm³/mol. The van der Waals surface area contributed by atoms with Crippen LogP contribution in [0.2, 0.25) is 0 Å². The van der Waals surface area contributed by atoms with Crippen molar-refractivity contribution >= 4 is 50.5 Å². The summed E-state index contributed by atoms with van der Waals surface area (Å²) < 4.78 is 45.5. The molecule has 206 valence electrons. The van der Waals surface area contributed by atoms with Gasteiger partial charge in [-0.1, -0.05) is 15.9 Å². The van der Waals surface area contributed by atoms with Crippen molar-refractivity contribution in [1.29, 1.82) is 0 Å². The molecule has 6 rings (SSSR count). The number of carbonyl (C=O) groups is 1. The molecule has 2 saturated heterocycles. The van der Waals surface area contributed by atoms with Crippen molar-refractivity contribution in [3.05, 3.63) is 34.4 Å². The molecule has 1 aliphatic carbocycles. The van der Waals surface area contributed by atoms with Crippen LogP contribution in [0.1, 0.15) is 31.4 Å². The second-order valence-corrected chi connectivity index (χ2v) is 12.4. The van der Waals surface area contributed by atoms with Crippen LogP contribution >= 0.6 is 15.9 Å². The average molecular weight is 618 g/mol. The van der Waals surface area contributed by atoms with Gasteiger partial charge in [-0.3, -0.25) is 0 Å². The molecular formula is C24H27BrF3N5O4S. The average Bonchev–Trinajstić information content (AvgIpc) is 3.47. The van der Waals surface area contributed by atoms with Gasteiger partial charge in [-0.2, -0.15) is 18.2 Å². The standard InChI is InChI=1S/C22H26BrN5O2S.C2HF3O2/c23-14-1-3-15(4-2-14)27-11-16-5-6-17(12-27)28(16)21-24-18-7-10-31(30)19(18)20(25-21)26-22(13-29)8-9-22;3-2(4,5)1(6)7/h1-4,16-17,29H,5-13H2,(H,24,25,26);(H,6,7). The number of aliphatic hydroxyl groups excluding tert-OH is 1. The minimum atomic E-state index is -5.08. The van der Waals surface area contributed by atoms with Crippen molar-refractivity contribution in [1.82, 2.24) is 9.97 Å². The number of piperazine rings is 1. The van der Waals surface area contributed by atoms with Crippen molar-refractivity contribution < 1.29 is 32.7 Å². The maximum absolute atomic E-state index is 12.6. The number of anilines is 3. The largest absolute Gasteiger partial charge is 0.611 e. The maximum atomic E-state index is 12.6. The highest BCUT2D eigenvalue weighted by atomic mass is 79.9. The third-order valence-corrected chi connectivity index (χ3v) is 9.35. The van der Waals surface area contributed by atoms with Crippen molar-refractivity contribution in [2.24, 2.45) is 0 Å². The fraction of sp³-hybridized carbons (Fsp3) is 0.542. The number of benzene rings is 1. The molecule has 1 aromatic heterocycles. The number of rotatable bonds is 5. The smallest absolute Gasteiger partial charge is 0.490 e. The highest BCUT2D eigenvalue weighted by Gasteiger charge is 2.46. The Morgan fingerprint density at radius 2 is 1.79 bits per heavy atom. The van der Waals surface area contributed by atoms with E-state index < -0.39 is 23.3 Å². The Balaban J connectivity index is 0.000000374. The summed E-state index contributed by atoms with van der Waals surface area (Å²) in [6.45, 7) is 1.98. The topological polar surface area (TPSA) is 125 Å². The van der Waals surface area contributed by atoms with E-state index in [1.807, 2.05) is 0 Å². The first-order valence-corrected chi connectivity index (χ1v) is 14.4. The Kier molecular flexibility index (Phi) is 7.44. The van der Waals surface area contributed by atoms with E-state index >= 15 is 0 Å². The lowest BCUT2D eigenvalue weighted by Gasteiger charge is -2.42. The molecule has 1 aromatic carbocycles. The van der Waals surface area contributed by atoms with Crippen LogP contribution in [0.15, 0.2) is 33.6 Å². The van der Waals surface area contributed by atoms with Crippen molar-refractivity contribution in [2.75, 3.05) is 40.6 Å². The van der Waals surface area contributed by atoms with Crippen LogP contribution in [-0.4, -0.2) is 80.0 Å². The molecule has 0 amide bonds. The Bertz CT molecular complexity index is 1190. The number of hydrogen-bond donors (Lipinski definition) is 3. The molecule has 3 unspecified atom stereocenters. The molecule has 3 atom stereocenters. The zero-order valence-electron chi connectivity index (χ0n) is 20.2. The van der Waals surface area contributed by atoms with Crippen LogP contribution in [0.5, 0.6) is 0 Å². The molecule has 3 aliphatic heterocycles. The van der Waals surface area contributed by atoms with Crippen molar-refractivity contribution in [3.8, 4) is 0 Å². The Morgan fingerprint density at radius 3 is 2.32 bits per heavy atom. The summed E-state index contributed by atoms with van der Waals surface area (Å²) in [7, 11) is 0. The van der Waals surface area contributed by atoms with Crippen LogP contribution in [0.3, 0.4) is 0 Å². The van der Waals surface area contributed by atoms with Crippen molar-refractivity contribution in [2.45, 2.75) is 60.8 Å². The quantitative estimate of drug-likeness (QED) is 0.433. The van der Waals surface area contributed by atoms with Gasteiger partial charge in [0.25, 0.3) is 0 Å². The normalized spacial score (nSPS) is 24.9. The van der Waals surface area contributed by atoms with Gasteiger partial charge >= 0.3 is 12.1 Å². The second-order valence-electron chi connectivity index (χ2n) is 9.99. The molecule has 0 radical (unpaired) electrons. The first-order valence-electron chi connectivity index (χ1n) is 12.3. The molecule has 2 aromatic rings. The fourth-order valence-electron chi connectivity index (χ4n) is 5.20. The molecule has 3 N–H and O–H groups in total. The molecular weight excluding hydrogens is 591 g/mol. The van der Waals surface area contributed by atoms with E-state index in [1.54, 1.807) is 0 Å². The van der Waals surface area contributed by atoms with E-state index in [2.05, 4.69) is 55.3 Å². The summed E-state index contributed by atoms with van der Waals surface area (Å²) in [6.07, 6.45) is -0.254. The Morgan fingerprint density at radius 1 is 1.18 bits per heavy atom. The molecule has 9 nitrogen and oxygen atoms in total. The summed E-state index contributed by atoms with van der Waals surface area (Å²) in [6, 6.07) is 9.28. The lowest BCUT2D eigenvalue weighted by atomic mass is 10.1. The number of carboxylic acid groups (broad SMARTS) is 1. The lowest BCUT2D eigenvalue weighted by Crippen LogP contribution is -2.54. The van der Waals surface area contributed by atoms with E-state index in [0.29, 0.717) is 23.7 Å². The zero-order chi connectivity index (χ0) is 27.2. The highest BCUT2D eigenvalue weighted by molar-refractivity contribution is 9.10. The monoisotopic (exact) mass is 617 g/mol. The summed E-state index contributed by atoms with van der Waals surface area (Å²) >= 11 is 2.46. The van der Waals surface area contributed by atoms with Crippen LogP contribution < -0.4 is 15.1 Å². The Labute approximate surface area is 228 Å². The van der Waals surface area contributed by atoms with Crippen LogP contribution in [-0.2, 0) is 22.4 Å². The summed E-state index contributed by atoms with van der Waals surface area (Å²) in [4.78, 5) is 24.3. The number of nitrogens with zero attached hydrogens (tertiary/aromatic N) is 4. The molecule has 14 heteroatoms. The summed E-state index contributed by atoms with van der Waals surface area (Å²) in [5, 5.41) is 20.4. The van der Waals surface area contributed by atoms with E-state index in [-0.39, 0.29) is 12.1 Å². The minimum Gasteiger partial charge on any atom is -0.611 e. The number of nitrogens with one attached hydrogen (secondary N) is 1. The zero-order valence-corrected chi connectivity index (χ0v) is 22.7. The maximum Gasteiger partial charge on any atom is 0.490 e. The van der Waals surface area contributed by atoms with Gasteiger partial charge in [-0.05, 0) is 61.1 Å². The van der Waals surface area contributed by atoms with Gasteiger partial charge in [0, 0.05) is 41.8 Å². The third-order valence-electron chi connectivity index (χ3n) is 7.36. The van der Waals surface area contributed by atoms with Gasteiger partial charge in [0.1, 0.15) is 11.4 Å². The molecule has 4 heterocycles. The van der Waals surface area contributed by atoms with E-state index in [4.69, 9.17) is 19.9 Å². The van der Waals surface area contributed by atoms with Gasteiger partial charge in [0.05, 0.1) is 12.1 Å². The molecule has 2 bridgehead atoms. The van der Waals surface area contributed by atoms with Gasteiger partial charge in [-0.25, -0.2) is 9.78 Å². The van der Waals surface area contributed by atoms with Crippen molar-refractivity contribution in [3.63, 3.8) is 0 Å². The van der Waals surface area contributed by atoms with Gasteiger partial charge in [0.2, 0.25) is 10.8 Å². The van der Waals surface area contributed by atoms with Crippen LogP contribution in [0.25, 0.3) is 0 Å². The van der Waals surface area contributed by atoms with E-state index in [9.17, 15) is 22.8 Å². The van der Waals surface area contributed by atoms with Gasteiger partial charge in [-0.15, -0.1) is 0 Å². The SMILES string of the molecule is O=C(O)C(F)(F)F.[O-][S+]1CCc2nc(N3C4CCC3CN(c3ccc(Br)cc3)C4)nc(NC3(CO)CC3)c21. The molecule has 4 aliphatic rings. The number of aliphatic hydroxyl groups is 1. The predicted octanol–water partition coefficient (Wildman–Crippen LogP) is 3.33. The number of hydrogen-bond acceptors (Lipinski definition) is 8. The number of alkyl halides is 3. The molecule has 38 heavy (non-hydrogen) atoms. The number of carboxylic acids is 1. The second kappa shape index (κ2) is 10.4. The fourth-order valence-corrected chi connectivity index (χ4v) is 6.77. The van der Waals surface area contributed by atoms with Gasteiger partial charge in [0.15, 0.2) is 5.82 Å². The third kappa shape index (κ3) is 5.54. The first kappa shape index (κ1) is 27.3. The number of aliphatic carboxylic acids is 1. The lowest BCUT2D eigenvalue weighted by molar-refractivity contribution is -0.192. The number of halogens is 4. The highest BCUT2D eigenvalue weighted by Crippen LogP contribution is 2.43. The van der Waals surface area contributed by atoms with Crippen LogP contribution in [0, 0.1) is 0 Å². The summed E-state index contributed by atoms with van der Waals surface area (Å²) in [5.74, 6) is -0.708. The molecule has 3 fully saturated rings. The number of fused-ring (bicyclic) bond motifs is 3. The van der Waals surface area contributed by atoms with E-state index in [0.717, 1.165) is 66.2 Å². The van der Waals surface area contributed by atoms with Gasteiger partial charge < -0.3 is 29.9 Å². The Hall–Kier alpha value is -2.29. The number of aryl methyl sites for hydroxylation is 1. The van der Waals surface area contributed by atoms with Crippen LogP contribution in [0.4, 0.5) is 30.6 Å². The summed E-state index contributed by atoms with van der Waals surface area (Å²) in [5.41, 5.74) is 1.87. The number of aromatic nitrogens is 2. The molecule has 0 spiro atoms. The first-order chi connectivity index (χ1) is 18.0. The van der Waals surface area contributed by atoms with E-state index in [1.165, 1.54) is 5.69 Å².